The van der Waals surface area contributed by atoms with Crippen molar-refractivity contribution >= 4 is 23.3 Å². The SMILES string of the molecule is COc1ccc(Oc2ccc([N+](=O)[O-])cc2C(=O)NCc2cccc(NC(=O)N3CCCC3)c2)cc1. The molecule has 3 aromatic rings. The van der Waals surface area contributed by atoms with Gasteiger partial charge in [0.2, 0.25) is 0 Å². The molecule has 1 aliphatic rings. The Balaban J connectivity index is 1.46. The number of non-ortho nitro benzene ring substituents is 1. The third-order valence-corrected chi connectivity index (χ3v) is 5.73. The van der Waals surface area contributed by atoms with Crippen LogP contribution in [0.2, 0.25) is 0 Å². The van der Waals surface area contributed by atoms with Crippen molar-refractivity contribution in [2.75, 3.05) is 25.5 Å². The third kappa shape index (κ3) is 6.09. The smallest absolute Gasteiger partial charge is 0.321 e. The number of carbonyl (C=O) groups excluding carboxylic acids is 2. The number of rotatable bonds is 8. The Morgan fingerprint density at radius 2 is 1.72 bits per heavy atom. The van der Waals surface area contributed by atoms with Gasteiger partial charge in [-0.3, -0.25) is 14.9 Å². The van der Waals surface area contributed by atoms with Gasteiger partial charge in [0.25, 0.3) is 11.6 Å². The number of nitro groups is 1. The third-order valence-electron chi connectivity index (χ3n) is 5.73. The number of anilines is 1. The molecule has 1 fully saturated rings. The predicted octanol–water partition coefficient (Wildman–Crippen LogP) is 4.95. The summed E-state index contributed by atoms with van der Waals surface area (Å²) < 4.78 is 11.0. The lowest BCUT2D eigenvalue weighted by molar-refractivity contribution is -0.384. The second-order valence-electron chi connectivity index (χ2n) is 8.22. The van der Waals surface area contributed by atoms with E-state index in [2.05, 4.69) is 10.6 Å². The molecule has 3 amide bonds. The van der Waals surface area contributed by atoms with E-state index in [1.165, 1.54) is 18.2 Å². The summed E-state index contributed by atoms with van der Waals surface area (Å²) in [5.74, 6) is 0.728. The van der Waals surface area contributed by atoms with Crippen molar-refractivity contribution in [1.29, 1.82) is 0 Å². The summed E-state index contributed by atoms with van der Waals surface area (Å²) in [6.07, 6.45) is 2.00. The lowest BCUT2D eigenvalue weighted by Crippen LogP contribution is -2.32. The summed E-state index contributed by atoms with van der Waals surface area (Å²) in [4.78, 5) is 37.9. The van der Waals surface area contributed by atoms with E-state index < -0.39 is 10.8 Å². The van der Waals surface area contributed by atoms with Crippen LogP contribution in [0.15, 0.2) is 66.7 Å². The van der Waals surface area contributed by atoms with Crippen molar-refractivity contribution in [1.82, 2.24) is 10.2 Å². The summed E-state index contributed by atoms with van der Waals surface area (Å²) in [6, 6.07) is 17.6. The van der Waals surface area contributed by atoms with Crippen LogP contribution in [0.25, 0.3) is 0 Å². The molecule has 10 heteroatoms. The monoisotopic (exact) mass is 490 g/mol. The first kappa shape index (κ1) is 24.5. The molecule has 10 nitrogen and oxygen atoms in total. The maximum atomic E-state index is 13.0. The summed E-state index contributed by atoms with van der Waals surface area (Å²) in [7, 11) is 1.55. The van der Waals surface area contributed by atoms with Crippen LogP contribution >= 0.6 is 0 Å². The first-order valence-corrected chi connectivity index (χ1v) is 11.5. The van der Waals surface area contributed by atoms with Crippen LogP contribution in [0.4, 0.5) is 16.2 Å². The van der Waals surface area contributed by atoms with Gasteiger partial charge in [-0.15, -0.1) is 0 Å². The molecule has 1 saturated heterocycles. The Morgan fingerprint density at radius 1 is 1.00 bits per heavy atom. The quantitative estimate of drug-likeness (QED) is 0.340. The van der Waals surface area contributed by atoms with Gasteiger partial charge in [-0.1, -0.05) is 12.1 Å². The molecule has 186 valence electrons. The highest BCUT2D eigenvalue weighted by Gasteiger charge is 2.20. The highest BCUT2D eigenvalue weighted by atomic mass is 16.6. The molecule has 1 aliphatic heterocycles. The number of ether oxygens (including phenoxy) is 2. The molecule has 0 aromatic heterocycles. The molecule has 0 atom stereocenters. The van der Waals surface area contributed by atoms with Crippen LogP contribution in [0.5, 0.6) is 17.2 Å². The number of methoxy groups -OCH3 is 1. The number of nitro benzene ring substituents is 1. The first-order valence-electron chi connectivity index (χ1n) is 11.5. The first-order chi connectivity index (χ1) is 17.4. The number of urea groups is 1. The van der Waals surface area contributed by atoms with Crippen LogP contribution in [0.1, 0.15) is 28.8 Å². The largest absolute Gasteiger partial charge is 0.497 e. The van der Waals surface area contributed by atoms with Gasteiger partial charge in [-0.05, 0) is 60.9 Å². The van der Waals surface area contributed by atoms with Crippen molar-refractivity contribution in [3.63, 3.8) is 0 Å². The highest BCUT2D eigenvalue weighted by molar-refractivity contribution is 5.97. The van der Waals surface area contributed by atoms with Crippen LogP contribution in [-0.2, 0) is 6.54 Å². The summed E-state index contributed by atoms with van der Waals surface area (Å²) >= 11 is 0. The highest BCUT2D eigenvalue weighted by Crippen LogP contribution is 2.30. The Bertz CT molecular complexity index is 1260. The molecule has 0 saturated carbocycles. The molecular formula is C26H26N4O6. The standard InChI is InChI=1S/C26H26N4O6/c1-35-21-8-10-22(11-9-21)36-24-12-7-20(30(33)34)16-23(24)25(31)27-17-18-5-4-6-19(15-18)28-26(32)29-13-2-3-14-29/h4-12,15-16H,2-3,13-14,17H2,1H3,(H,27,31)(H,28,32). The van der Waals surface area contributed by atoms with E-state index in [0.29, 0.717) is 17.2 Å². The fraction of sp³-hybridized carbons (Fsp3) is 0.231. The van der Waals surface area contributed by atoms with Crippen LogP contribution < -0.4 is 20.1 Å². The van der Waals surface area contributed by atoms with Crippen molar-refractivity contribution in [3.05, 3.63) is 88.0 Å². The van der Waals surface area contributed by atoms with E-state index >= 15 is 0 Å². The number of nitrogens with one attached hydrogen (secondary N) is 2. The van der Waals surface area contributed by atoms with Crippen molar-refractivity contribution in [2.24, 2.45) is 0 Å². The van der Waals surface area contributed by atoms with Crippen molar-refractivity contribution < 1.29 is 24.0 Å². The molecule has 0 aliphatic carbocycles. The number of likely N-dealkylation sites (tertiary alicyclic amines) is 1. The molecule has 2 N–H and O–H groups in total. The molecule has 0 spiro atoms. The molecule has 1 heterocycles. The number of carbonyl (C=O) groups is 2. The minimum Gasteiger partial charge on any atom is -0.497 e. The molecule has 36 heavy (non-hydrogen) atoms. The second-order valence-corrected chi connectivity index (χ2v) is 8.22. The number of amides is 3. The molecule has 0 radical (unpaired) electrons. The van der Waals surface area contributed by atoms with E-state index in [1.54, 1.807) is 54.5 Å². The van der Waals surface area contributed by atoms with E-state index in [9.17, 15) is 19.7 Å². The van der Waals surface area contributed by atoms with Gasteiger partial charge in [0.05, 0.1) is 17.6 Å². The van der Waals surface area contributed by atoms with Gasteiger partial charge in [0.15, 0.2) is 0 Å². The fourth-order valence-electron chi connectivity index (χ4n) is 3.83. The average molecular weight is 491 g/mol. The maximum Gasteiger partial charge on any atom is 0.321 e. The van der Waals surface area contributed by atoms with E-state index in [1.807, 2.05) is 6.07 Å². The molecule has 0 unspecified atom stereocenters. The molecule has 3 aromatic carbocycles. The van der Waals surface area contributed by atoms with E-state index in [0.717, 1.165) is 31.5 Å². The van der Waals surface area contributed by atoms with Crippen LogP contribution in [0, 0.1) is 10.1 Å². The number of hydrogen-bond donors (Lipinski definition) is 2. The molecule has 0 bridgehead atoms. The number of nitrogens with zero attached hydrogens (tertiary/aromatic N) is 2. The number of hydrogen-bond acceptors (Lipinski definition) is 6. The molecule has 4 rings (SSSR count). The lowest BCUT2D eigenvalue weighted by atomic mass is 10.1. The van der Waals surface area contributed by atoms with Crippen LogP contribution in [-0.4, -0.2) is 42.0 Å². The zero-order valence-corrected chi connectivity index (χ0v) is 19.7. The minimum absolute atomic E-state index is 0.0264. The topological polar surface area (TPSA) is 123 Å². The van der Waals surface area contributed by atoms with Gasteiger partial charge < -0.3 is 25.0 Å². The Hall–Kier alpha value is -4.60. The fourth-order valence-corrected chi connectivity index (χ4v) is 3.83. The predicted molar refractivity (Wildman–Crippen MR) is 134 cm³/mol. The lowest BCUT2D eigenvalue weighted by Gasteiger charge is -2.16. The van der Waals surface area contributed by atoms with Gasteiger partial charge in [-0.25, -0.2) is 4.79 Å². The van der Waals surface area contributed by atoms with E-state index in [-0.39, 0.29) is 29.6 Å². The number of benzene rings is 3. The second kappa shape index (κ2) is 11.2. The maximum absolute atomic E-state index is 13.0. The Kier molecular flexibility index (Phi) is 7.64. The van der Waals surface area contributed by atoms with Gasteiger partial charge in [-0.2, -0.15) is 0 Å². The van der Waals surface area contributed by atoms with Crippen molar-refractivity contribution in [2.45, 2.75) is 19.4 Å². The molecular weight excluding hydrogens is 464 g/mol. The summed E-state index contributed by atoms with van der Waals surface area (Å²) in [5.41, 5.74) is 1.18. The van der Waals surface area contributed by atoms with Gasteiger partial charge in [0, 0.05) is 37.5 Å². The van der Waals surface area contributed by atoms with Gasteiger partial charge in [0.1, 0.15) is 17.2 Å². The average Bonchev–Trinajstić information content (AvgIpc) is 3.43. The minimum atomic E-state index is -0.569. The summed E-state index contributed by atoms with van der Waals surface area (Å²) in [5, 5.41) is 17.0. The van der Waals surface area contributed by atoms with Crippen LogP contribution in [0.3, 0.4) is 0 Å². The van der Waals surface area contributed by atoms with E-state index in [4.69, 9.17) is 9.47 Å². The summed E-state index contributed by atoms with van der Waals surface area (Å²) in [6.45, 7) is 1.63. The zero-order chi connectivity index (χ0) is 25.5. The van der Waals surface area contributed by atoms with Crippen molar-refractivity contribution in [3.8, 4) is 17.2 Å². The Labute approximate surface area is 208 Å². The normalized spacial score (nSPS) is 12.6. The van der Waals surface area contributed by atoms with Gasteiger partial charge >= 0.3 is 6.03 Å². The Morgan fingerprint density at radius 3 is 2.42 bits per heavy atom. The zero-order valence-electron chi connectivity index (χ0n) is 19.7.